The molecule has 3 nitrogen and oxygen atoms in total. The average Bonchev–Trinajstić information content (AvgIpc) is 2.18. The third kappa shape index (κ3) is 2.53. The molecule has 72 valence electrons. The number of anilines is 1. The fraction of sp³-hybridized carbons (Fsp3) is 0.182. The Morgan fingerprint density at radius 1 is 1.57 bits per heavy atom. The molecule has 0 aliphatic heterocycles. The Bertz CT molecular complexity index is 377. The fourth-order valence-corrected chi connectivity index (χ4v) is 1.10. The number of hydrogen-bond acceptors (Lipinski definition) is 3. The summed E-state index contributed by atoms with van der Waals surface area (Å²) in [7, 11) is 1.58. The van der Waals surface area contributed by atoms with Crippen LogP contribution in [0.25, 0.3) is 6.08 Å². The summed E-state index contributed by atoms with van der Waals surface area (Å²) in [4.78, 5) is 0. The molecule has 0 aliphatic rings. The highest BCUT2D eigenvalue weighted by molar-refractivity contribution is 5.61. The molecule has 2 N–H and O–H groups in total. The topological polar surface area (TPSA) is 59.0 Å². The van der Waals surface area contributed by atoms with Gasteiger partial charge in [-0.05, 0) is 17.7 Å². The predicted octanol–water partition coefficient (Wildman–Crippen LogP) is 2.20. The Balaban J connectivity index is 2.82. The number of allylic oxidation sites excluding steroid dienone is 1. The molecule has 1 aromatic rings. The minimum atomic E-state index is 0.409. The van der Waals surface area contributed by atoms with Gasteiger partial charge in [-0.1, -0.05) is 18.2 Å². The smallest absolute Gasteiger partial charge is 0.141 e. The number of ether oxygens (including phenoxy) is 1. The van der Waals surface area contributed by atoms with Crippen molar-refractivity contribution in [3.8, 4) is 11.8 Å². The van der Waals surface area contributed by atoms with Gasteiger partial charge in [0.15, 0.2) is 0 Å². The van der Waals surface area contributed by atoms with Gasteiger partial charge in [0.1, 0.15) is 5.75 Å². The SMILES string of the molecule is COc1ccc(C=CCC#N)cc1N. The molecule has 0 heterocycles. The molecule has 0 fully saturated rings. The van der Waals surface area contributed by atoms with E-state index >= 15 is 0 Å². The van der Waals surface area contributed by atoms with E-state index in [9.17, 15) is 0 Å². The standard InChI is InChI=1S/C11H12N2O/c1-14-11-6-5-9(8-10(11)13)4-2-3-7-12/h2,4-6,8H,3,13H2,1H3. The minimum absolute atomic E-state index is 0.409. The van der Waals surface area contributed by atoms with Crippen LogP contribution in [0.15, 0.2) is 24.3 Å². The van der Waals surface area contributed by atoms with Crippen LogP contribution in [0.5, 0.6) is 5.75 Å². The maximum Gasteiger partial charge on any atom is 0.141 e. The lowest BCUT2D eigenvalue weighted by Crippen LogP contribution is -1.92. The van der Waals surface area contributed by atoms with Gasteiger partial charge in [0.05, 0.1) is 25.3 Å². The summed E-state index contributed by atoms with van der Waals surface area (Å²) in [5, 5.41) is 8.34. The zero-order valence-electron chi connectivity index (χ0n) is 8.03. The molecule has 0 bridgehead atoms. The Morgan fingerprint density at radius 3 is 2.93 bits per heavy atom. The van der Waals surface area contributed by atoms with Gasteiger partial charge in [0.25, 0.3) is 0 Å². The van der Waals surface area contributed by atoms with Crippen molar-refractivity contribution in [1.82, 2.24) is 0 Å². The third-order valence-electron chi connectivity index (χ3n) is 1.77. The first-order valence-corrected chi connectivity index (χ1v) is 4.25. The highest BCUT2D eigenvalue weighted by Gasteiger charge is 1.97. The van der Waals surface area contributed by atoms with Crippen LogP contribution in [0.2, 0.25) is 0 Å². The van der Waals surface area contributed by atoms with E-state index in [2.05, 4.69) is 0 Å². The number of benzene rings is 1. The van der Waals surface area contributed by atoms with E-state index in [1.54, 1.807) is 19.3 Å². The first-order chi connectivity index (χ1) is 6.77. The molecule has 0 unspecified atom stereocenters. The van der Waals surface area contributed by atoms with Crippen molar-refractivity contribution >= 4 is 11.8 Å². The Labute approximate surface area is 83.4 Å². The minimum Gasteiger partial charge on any atom is -0.495 e. The number of hydrogen-bond donors (Lipinski definition) is 1. The largest absolute Gasteiger partial charge is 0.495 e. The van der Waals surface area contributed by atoms with E-state index in [1.165, 1.54) is 0 Å². The first-order valence-electron chi connectivity index (χ1n) is 4.25. The molecule has 3 heteroatoms. The second-order valence-electron chi connectivity index (χ2n) is 2.77. The van der Waals surface area contributed by atoms with Crippen molar-refractivity contribution in [3.63, 3.8) is 0 Å². The summed E-state index contributed by atoms with van der Waals surface area (Å²) < 4.78 is 5.02. The van der Waals surface area contributed by atoms with Crippen molar-refractivity contribution in [1.29, 1.82) is 5.26 Å². The lowest BCUT2D eigenvalue weighted by Gasteiger charge is -2.04. The predicted molar refractivity (Wildman–Crippen MR) is 56.7 cm³/mol. The highest BCUT2D eigenvalue weighted by atomic mass is 16.5. The van der Waals surface area contributed by atoms with E-state index in [1.807, 2.05) is 24.3 Å². The monoisotopic (exact) mass is 188 g/mol. The van der Waals surface area contributed by atoms with Crippen LogP contribution in [0.1, 0.15) is 12.0 Å². The number of nitriles is 1. The Morgan fingerprint density at radius 2 is 2.36 bits per heavy atom. The van der Waals surface area contributed by atoms with Gasteiger partial charge in [-0.3, -0.25) is 0 Å². The third-order valence-corrected chi connectivity index (χ3v) is 1.77. The maximum atomic E-state index is 8.34. The molecule has 0 spiro atoms. The number of nitrogen functional groups attached to an aromatic ring is 1. The number of methoxy groups -OCH3 is 1. The van der Waals surface area contributed by atoms with Crippen LogP contribution in [-0.4, -0.2) is 7.11 Å². The van der Waals surface area contributed by atoms with Gasteiger partial charge in [-0.25, -0.2) is 0 Å². The first kappa shape index (κ1) is 10.1. The number of nitrogens with two attached hydrogens (primary N) is 1. The fourth-order valence-electron chi connectivity index (χ4n) is 1.10. The maximum absolute atomic E-state index is 8.34. The second-order valence-corrected chi connectivity index (χ2v) is 2.77. The Kier molecular flexibility index (Phi) is 3.57. The molecule has 0 aliphatic carbocycles. The molecule has 1 aromatic carbocycles. The molecule has 0 atom stereocenters. The molecule has 0 radical (unpaired) electrons. The molecular weight excluding hydrogens is 176 g/mol. The van der Waals surface area contributed by atoms with Crippen molar-refractivity contribution in [2.75, 3.05) is 12.8 Å². The summed E-state index contributed by atoms with van der Waals surface area (Å²) in [5.74, 6) is 0.669. The molecule has 14 heavy (non-hydrogen) atoms. The van der Waals surface area contributed by atoms with Crippen LogP contribution in [0.4, 0.5) is 5.69 Å². The molecule has 0 aromatic heterocycles. The van der Waals surface area contributed by atoms with Gasteiger partial charge in [0, 0.05) is 0 Å². The quantitative estimate of drug-likeness (QED) is 0.740. The lowest BCUT2D eigenvalue weighted by atomic mass is 10.1. The van der Waals surface area contributed by atoms with Crippen molar-refractivity contribution in [3.05, 3.63) is 29.8 Å². The normalized spacial score (nSPS) is 10.0. The zero-order chi connectivity index (χ0) is 10.4. The summed E-state index contributed by atoms with van der Waals surface area (Å²) in [6.07, 6.45) is 4.06. The van der Waals surface area contributed by atoms with Crippen molar-refractivity contribution in [2.24, 2.45) is 0 Å². The summed E-state index contributed by atoms with van der Waals surface area (Å²) >= 11 is 0. The van der Waals surface area contributed by atoms with Gasteiger partial charge in [0.2, 0.25) is 0 Å². The number of rotatable bonds is 3. The number of nitrogens with zero attached hydrogens (tertiary/aromatic N) is 1. The molecule has 0 amide bonds. The van der Waals surface area contributed by atoms with E-state index in [0.717, 1.165) is 5.56 Å². The van der Waals surface area contributed by atoms with E-state index in [4.69, 9.17) is 15.7 Å². The second kappa shape index (κ2) is 4.93. The summed E-state index contributed by atoms with van der Waals surface area (Å²) in [5.41, 5.74) is 7.29. The highest BCUT2D eigenvalue weighted by Crippen LogP contribution is 2.22. The van der Waals surface area contributed by atoms with Crippen LogP contribution < -0.4 is 10.5 Å². The van der Waals surface area contributed by atoms with Crippen LogP contribution >= 0.6 is 0 Å². The summed E-state index contributed by atoms with van der Waals surface area (Å²) in [6.45, 7) is 0. The average molecular weight is 188 g/mol. The van der Waals surface area contributed by atoms with Crippen LogP contribution in [0, 0.1) is 11.3 Å². The van der Waals surface area contributed by atoms with E-state index < -0.39 is 0 Å². The van der Waals surface area contributed by atoms with Crippen LogP contribution in [0.3, 0.4) is 0 Å². The van der Waals surface area contributed by atoms with Crippen molar-refractivity contribution in [2.45, 2.75) is 6.42 Å². The van der Waals surface area contributed by atoms with E-state index in [0.29, 0.717) is 17.9 Å². The van der Waals surface area contributed by atoms with Gasteiger partial charge < -0.3 is 10.5 Å². The van der Waals surface area contributed by atoms with Crippen molar-refractivity contribution < 1.29 is 4.74 Å². The Hall–Kier alpha value is -1.95. The van der Waals surface area contributed by atoms with Crippen LogP contribution in [-0.2, 0) is 0 Å². The lowest BCUT2D eigenvalue weighted by molar-refractivity contribution is 0.417. The van der Waals surface area contributed by atoms with Gasteiger partial charge in [-0.2, -0.15) is 5.26 Å². The zero-order valence-corrected chi connectivity index (χ0v) is 8.03. The molecule has 1 rings (SSSR count). The van der Waals surface area contributed by atoms with Gasteiger partial charge in [-0.15, -0.1) is 0 Å². The molecule has 0 saturated heterocycles. The van der Waals surface area contributed by atoms with Gasteiger partial charge >= 0.3 is 0 Å². The summed E-state index contributed by atoms with van der Waals surface area (Å²) in [6, 6.07) is 7.54. The van der Waals surface area contributed by atoms with E-state index in [-0.39, 0.29) is 0 Å². The molecule has 0 saturated carbocycles. The molecular formula is C11H12N2O.